The van der Waals surface area contributed by atoms with Crippen LogP contribution in [0.2, 0.25) is 0 Å². The van der Waals surface area contributed by atoms with E-state index in [0.717, 1.165) is 19.0 Å². The minimum Gasteiger partial charge on any atom is -0.377 e. The van der Waals surface area contributed by atoms with Crippen LogP contribution in [0.15, 0.2) is 16.6 Å². The highest BCUT2D eigenvalue weighted by atomic mass is 127. The van der Waals surface area contributed by atoms with Crippen LogP contribution in [-0.4, -0.2) is 38.3 Å². The van der Waals surface area contributed by atoms with Crippen LogP contribution in [0.25, 0.3) is 0 Å². The van der Waals surface area contributed by atoms with Gasteiger partial charge >= 0.3 is 0 Å². The molecule has 2 fully saturated rings. The molecule has 0 amide bonds. The van der Waals surface area contributed by atoms with Crippen molar-refractivity contribution in [1.29, 1.82) is 0 Å². The summed E-state index contributed by atoms with van der Waals surface area (Å²) in [7, 11) is 1.76. The Morgan fingerprint density at radius 1 is 1.53 bits per heavy atom. The van der Waals surface area contributed by atoms with Crippen molar-refractivity contribution in [3.8, 4) is 0 Å². The summed E-state index contributed by atoms with van der Waals surface area (Å²) in [6.45, 7) is 9.54. The molecule has 0 bridgehead atoms. The van der Waals surface area contributed by atoms with E-state index in [1.54, 1.807) is 7.05 Å². The molecule has 0 aromatic rings. The lowest BCUT2D eigenvalue weighted by molar-refractivity contribution is -0.106. The lowest BCUT2D eigenvalue weighted by Crippen LogP contribution is -2.67. The van der Waals surface area contributed by atoms with Gasteiger partial charge in [0, 0.05) is 36.1 Å². The Bertz CT molecular complexity index is 373. The van der Waals surface area contributed by atoms with Crippen molar-refractivity contribution < 1.29 is 4.74 Å². The van der Waals surface area contributed by atoms with Crippen LogP contribution >= 0.6 is 35.6 Å². The molecule has 3 atom stereocenters. The molecule has 0 aromatic heterocycles. The fourth-order valence-electron chi connectivity index (χ4n) is 3.14. The zero-order valence-electron chi connectivity index (χ0n) is 11.7. The molecule has 0 radical (unpaired) electrons. The Hall–Kier alpha value is -0.0100. The predicted molar refractivity (Wildman–Crippen MR) is 90.3 cm³/mol. The Morgan fingerprint density at radius 2 is 2.21 bits per heavy atom. The third-order valence-electron chi connectivity index (χ3n) is 4.06. The molecule has 110 valence electrons. The second kappa shape index (κ2) is 6.63. The van der Waals surface area contributed by atoms with Gasteiger partial charge in [-0.05, 0) is 6.42 Å². The molecule has 2 aliphatic rings. The third-order valence-corrected chi connectivity index (χ3v) is 4.20. The van der Waals surface area contributed by atoms with E-state index in [4.69, 9.17) is 16.3 Å². The van der Waals surface area contributed by atoms with E-state index in [1.165, 1.54) is 0 Å². The molecule has 2 rings (SSSR count). The molecule has 19 heavy (non-hydrogen) atoms. The van der Waals surface area contributed by atoms with Crippen LogP contribution in [-0.2, 0) is 4.74 Å². The summed E-state index contributed by atoms with van der Waals surface area (Å²) < 4.78 is 5.78. The molecule has 3 unspecified atom stereocenters. The van der Waals surface area contributed by atoms with Gasteiger partial charge in [0.25, 0.3) is 0 Å². The van der Waals surface area contributed by atoms with Crippen molar-refractivity contribution in [2.45, 2.75) is 32.4 Å². The van der Waals surface area contributed by atoms with E-state index < -0.39 is 0 Å². The van der Waals surface area contributed by atoms with Crippen molar-refractivity contribution >= 4 is 41.5 Å². The van der Waals surface area contributed by atoms with Crippen LogP contribution in [0.1, 0.15) is 20.3 Å². The highest BCUT2D eigenvalue weighted by Gasteiger charge is 2.59. The van der Waals surface area contributed by atoms with E-state index in [2.05, 4.69) is 36.1 Å². The lowest BCUT2D eigenvalue weighted by atomic mass is 9.57. The van der Waals surface area contributed by atoms with E-state index in [-0.39, 0.29) is 29.4 Å². The van der Waals surface area contributed by atoms with E-state index in [9.17, 15) is 0 Å². The maximum absolute atomic E-state index is 5.78. The molecule has 1 saturated carbocycles. The fraction of sp³-hybridized carbons (Fsp3) is 0.769. The summed E-state index contributed by atoms with van der Waals surface area (Å²) in [5.74, 6) is 1.37. The number of hydrogen-bond acceptors (Lipinski definition) is 2. The zero-order valence-corrected chi connectivity index (χ0v) is 14.8. The Labute approximate surface area is 137 Å². The number of ether oxygens (including phenoxy) is 1. The number of hydrogen-bond donors (Lipinski definition) is 2. The molecule has 4 nitrogen and oxygen atoms in total. The van der Waals surface area contributed by atoms with Crippen LogP contribution < -0.4 is 10.6 Å². The van der Waals surface area contributed by atoms with Crippen LogP contribution in [0.3, 0.4) is 0 Å². The Morgan fingerprint density at radius 3 is 2.79 bits per heavy atom. The Balaban J connectivity index is 0.00000180. The zero-order chi connectivity index (χ0) is 13.3. The molecule has 0 spiro atoms. The van der Waals surface area contributed by atoms with E-state index in [0.29, 0.717) is 29.6 Å². The number of rotatable bonds is 3. The second-order valence-corrected chi connectivity index (χ2v) is 6.16. The molecule has 2 N–H and O–H groups in total. The first-order chi connectivity index (χ1) is 8.46. The first-order valence-electron chi connectivity index (χ1n) is 6.39. The summed E-state index contributed by atoms with van der Waals surface area (Å²) in [4.78, 5) is 4.22. The summed E-state index contributed by atoms with van der Waals surface area (Å²) in [5, 5.41) is 7.21. The van der Waals surface area contributed by atoms with Crippen molar-refractivity contribution in [3.05, 3.63) is 11.6 Å². The topological polar surface area (TPSA) is 45.7 Å². The third kappa shape index (κ3) is 3.36. The molecule has 1 aliphatic heterocycles. The lowest BCUT2D eigenvalue weighted by Gasteiger charge is -2.54. The minimum atomic E-state index is 0. The van der Waals surface area contributed by atoms with Crippen molar-refractivity contribution in [3.63, 3.8) is 0 Å². The van der Waals surface area contributed by atoms with Crippen molar-refractivity contribution in [2.24, 2.45) is 16.3 Å². The maximum Gasteiger partial charge on any atom is 0.191 e. The largest absolute Gasteiger partial charge is 0.377 e. The van der Waals surface area contributed by atoms with E-state index in [1.807, 2.05) is 0 Å². The number of nitrogens with zero attached hydrogens (tertiary/aromatic N) is 1. The SMILES string of the molecule is C=C(Cl)CNC(=NC)NC1C2CCOC2C1(C)C.I. The molecule has 0 aromatic carbocycles. The van der Waals surface area contributed by atoms with Gasteiger partial charge in [-0.2, -0.15) is 0 Å². The predicted octanol–water partition coefficient (Wildman–Crippen LogP) is 2.34. The summed E-state index contributed by atoms with van der Waals surface area (Å²) in [6.07, 6.45) is 1.52. The number of fused-ring (bicyclic) bond motifs is 1. The summed E-state index contributed by atoms with van der Waals surface area (Å²) in [6, 6.07) is 0.403. The average Bonchev–Trinajstić information content (AvgIpc) is 2.75. The van der Waals surface area contributed by atoms with Gasteiger partial charge in [0.15, 0.2) is 5.96 Å². The normalized spacial score (nSPS) is 31.8. The second-order valence-electron chi connectivity index (χ2n) is 5.63. The highest BCUT2D eigenvalue weighted by Crippen LogP contribution is 2.51. The smallest absolute Gasteiger partial charge is 0.191 e. The van der Waals surface area contributed by atoms with Gasteiger partial charge < -0.3 is 15.4 Å². The van der Waals surface area contributed by atoms with Gasteiger partial charge in [0.05, 0.1) is 12.6 Å². The average molecular weight is 400 g/mol. The maximum atomic E-state index is 5.78. The number of guanidine groups is 1. The molecule has 1 saturated heterocycles. The van der Waals surface area contributed by atoms with Gasteiger partial charge in [-0.25, -0.2) is 0 Å². The van der Waals surface area contributed by atoms with Crippen molar-refractivity contribution in [1.82, 2.24) is 10.6 Å². The van der Waals surface area contributed by atoms with Gasteiger partial charge in [-0.15, -0.1) is 24.0 Å². The number of nitrogens with one attached hydrogen (secondary N) is 2. The molecule has 6 heteroatoms. The minimum absolute atomic E-state index is 0. The number of halogens is 2. The van der Waals surface area contributed by atoms with Gasteiger partial charge in [-0.3, -0.25) is 4.99 Å². The monoisotopic (exact) mass is 399 g/mol. The molecule has 1 aliphatic carbocycles. The van der Waals surface area contributed by atoms with Gasteiger partial charge in [-0.1, -0.05) is 32.0 Å². The van der Waals surface area contributed by atoms with Crippen LogP contribution in [0, 0.1) is 11.3 Å². The van der Waals surface area contributed by atoms with Crippen molar-refractivity contribution in [2.75, 3.05) is 20.2 Å². The quantitative estimate of drug-likeness (QED) is 0.435. The first-order valence-corrected chi connectivity index (χ1v) is 6.76. The van der Waals surface area contributed by atoms with E-state index >= 15 is 0 Å². The molecule has 1 heterocycles. The number of aliphatic imine (C=N–C) groups is 1. The first kappa shape index (κ1) is 17.0. The van der Waals surface area contributed by atoms with Crippen LogP contribution in [0.5, 0.6) is 0 Å². The standard InChI is InChI=1S/C13H22ClN3O.HI/c1-8(14)7-16-12(15-4)17-10-9-5-6-18-11(9)13(10,2)3;/h9-11H,1,5-7H2,2-4H3,(H2,15,16,17);1H. The highest BCUT2D eigenvalue weighted by molar-refractivity contribution is 14.0. The fourth-order valence-corrected chi connectivity index (χ4v) is 3.21. The van der Waals surface area contributed by atoms with Crippen LogP contribution in [0.4, 0.5) is 0 Å². The summed E-state index contributed by atoms with van der Waals surface area (Å²) >= 11 is 5.75. The molecular weight excluding hydrogens is 377 g/mol. The van der Waals surface area contributed by atoms with Gasteiger partial charge in [0.1, 0.15) is 0 Å². The van der Waals surface area contributed by atoms with Gasteiger partial charge in [0.2, 0.25) is 0 Å². The molecular formula is C13H23ClIN3O. The summed E-state index contributed by atoms with van der Waals surface area (Å²) in [5.41, 5.74) is 0.150. The Kier molecular flexibility index (Phi) is 5.95.